The number of carbonyl (C=O) groups is 1. The highest BCUT2D eigenvalue weighted by Gasteiger charge is 2.14. The van der Waals surface area contributed by atoms with E-state index in [1.165, 1.54) is 6.26 Å². The molecule has 27 heavy (non-hydrogen) atoms. The number of benzene rings is 2. The number of sulfonamides is 1. The molecule has 0 radical (unpaired) electrons. The monoisotopic (exact) mass is 384 g/mol. The Morgan fingerprint density at radius 1 is 1.00 bits per heavy atom. The van der Waals surface area contributed by atoms with E-state index in [4.69, 9.17) is 4.42 Å². The summed E-state index contributed by atoms with van der Waals surface area (Å²) in [6, 6.07) is 15.2. The fourth-order valence-corrected chi connectivity index (χ4v) is 3.55. The largest absolute Gasteiger partial charge is 0.459 e. The van der Waals surface area contributed by atoms with Gasteiger partial charge in [-0.2, -0.15) is 0 Å². The molecular formula is C20H20N2O4S. The molecule has 1 aromatic heterocycles. The Hall–Kier alpha value is -2.90. The van der Waals surface area contributed by atoms with Crippen molar-refractivity contribution in [3.8, 4) is 0 Å². The molecule has 2 N–H and O–H groups in total. The summed E-state index contributed by atoms with van der Waals surface area (Å²) in [5.74, 6) is -0.122. The summed E-state index contributed by atoms with van der Waals surface area (Å²) in [4.78, 5) is 12.2. The van der Waals surface area contributed by atoms with E-state index < -0.39 is 10.0 Å². The highest BCUT2D eigenvalue weighted by atomic mass is 32.2. The Labute approximate surface area is 158 Å². The second-order valence-electron chi connectivity index (χ2n) is 6.20. The van der Waals surface area contributed by atoms with E-state index in [0.29, 0.717) is 5.69 Å². The summed E-state index contributed by atoms with van der Waals surface area (Å²) in [7, 11) is -3.59. The molecule has 0 spiro atoms. The number of aryl methyl sites for hydroxylation is 2. The van der Waals surface area contributed by atoms with Gasteiger partial charge in [0.2, 0.25) is 10.0 Å². The van der Waals surface area contributed by atoms with Crippen molar-refractivity contribution in [3.05, 3.63) is 83.3 Å². The minimum absolute atomic E-state index is 0.154. The van der Waals surface area contributed by atoms with Gasteiger partial charge in [-0.05, 0) is 66.9 Å². The van der Waals surface area contributed by atoms with E-state index in [0.717, 1.165) is 16.7 Å². The zero-order valence-electron chi connectivity index (χ0n) is 15.0. The molecule has 0 fully saturated rings. The summed E-state index contributed by atoms with van der Waals surface area (Å²) < 4.78 is 32.5. The van der Waals surface area contributed by atoms with E-state index in [1.54, 1.807) is 54.6 Å². The van der Waals surface area contributed by atoms with Gasteiger partial charge < -0.3 is 9.73 Å². The lowest BCUT2D eigenvalue weighted by molar-refractivity contribution is 0.0996. The SMILES string of the molecule is Cc1ccc(S(=O)(=O)NCc2ccc(NC(=O)c3ccco3)cc2)cc1C. The predicted molar refractivity (Wildman–Crippen MR) is 103 cm³/mol. The van der Waals surface area contributed by atoms with Crippen molar-refractivity contribution in [1.29, 1.82) is 0 Å². The van der Waals surface area contributed by atoms with Crippen LogP contribution in [-0.4, -0.2) is 14.3 Å². The molecule has 1 amide bonds. The molecule has 0 saturated heterocycles. The third kappa shape index (κ3) is 4.64. The van der Waals surface area contributed by atoms with E-state index in [9.17, 15) is 13.2 Å². The van der Waals surface area contributed by atoms with Crippen LogP contribution in [0.5, 0.6) is 0 Å². The van der Waals surface area contributed by atoms with Gasteiger partial charge in [-0.25, -0.2) is 13.1 Å². The molecule has 0 bridgehead atoms. The molecule has 0 atom stereocenters. The molecule has 3 rings (SSSR count). The van der Waals surface area contributed by atoms with Crippen LogP contribution in [0.4, 0.5) is 5.69 Å². The molecule has 140 valence electrons. The first-order valence-corrected chi connectivity index (χ1v) is 9.84. The Bertz CT molecular complexity index is 1040. The second kappa shape index (κ2) is 7.77. The van der Waals surface area contributed by atoms with Crippen molar-refractivity contribution < 1.29 is 17.6 Å². The number of anilines is 1. The lowest BCUT2D eigenvalue weighted by Gasteiger charge is -2.09. The van der Waals surface area contributed by atoms with Crippen molar-refractivity contribution in [2.24, 2.45) is 0 Å². The van der Waals surface area contributed by atoms with Gasteiger partial charge in [0, 0.05) is 12.2 Å². The summed E-state index contributed by atoms with van der Waals surface area (Å²) in [5, 5.41) is 2.71. The van der Waals surface area contributed by atoms with Crippen LogP contribution in [0.3, 0.4) is 0 Å². The van der Waals surface area contributed by atoms with Gasteiger partial charge in [0.1, 0.15) is 0 Å². The van der Waals surface area contributed by atoms with Gasteiger partial charge in [0.15, 0.2) is 5.76 Å². The van der Waals surface area contributed by atoms with Crippen molar-refractivity contribution in [2.45, 2.75) is 25.3 Å². The minimum atomic E-state index is -3.59. The van der Waals surface area contributed by atoms with Crippen LogP contribution in [0.25, 0.3) is 0 Å². The Morgan fingerprint density at radius 3 is 2.37 bits per heavy atom. The van der Waals surface area contributed by atoms with Crippen LogP contribution in [0.1, 0.15) is 27.2 Å². The lowest BCUT2D eigenvalue weighted by atomic mass is 10.1. The lowest BCUT2D eigenvalue weighted by Crippen LogP contribution is -2.23. The fraction of sp³-hybridized carbons (Fsp3) is 0.150. The van der Waals surface area contributed by atoms with Crippen molar-refractivity contribution in [3.63, 3.8) is 0 Å². The topological polar surface area (TPSA) is 88.4 Å². The van der Waals surface area contributed by atoms with Crippen LogP contribution in [0, 0.1) is 13.8 Å². The van der Waals surface area contributed by atoms with E-state index in [-0.39, 0.29) is 23.1 Å². The molecule has 0 aliphatic heterocycles. The third-order valence-electron chi connectivity index (χ3n) is 4.21. The molecule has 6 nitrogen and oxygen atoms in total. The average Bonchev–Trinajstić information content (AvgIpc) is 3.18. The summed E-state index contributed by atoms with van der Waals surface area (Å²) in [6.07, 6.45) is 1.43. The molecule has 0 aliphatic carbocycles. The summed E-state index contributed by atoms with van der Waals surface area (Å²) in [5.41, 5.74) is 3.34. The maximum Gasteiger partial charge on any atom is 0.291 e. The molecule has 0 saturated carbocycles. The van der Waals surface area contributed by atoms with Gasteiger partial charge >= 0.3 is 0 Å². The predicted octanol–water partition coefficient (Wildman–Crippen LogP) is 3.63. The van der Waals surface area contributed by atoms with Crippen LogP contribution in [0.2, 0.25) is 0 Å². The Morgan fingerprint density at radius 2 is 1.74 bits per heavy atom. The van der Waals surface area contributed by atoms with E-state index in [1.807, 2.05) is 13.8 Å². The smallest absolute Gasteiger partial charge is 0.291 e. The van der Waals surface area contributed by atoms with Crippen LogP contribution in [-0.2, 0) is 16.6 Å². The van der Waals surface area contributed by atoms with Gasteiger partial charge in [-0.15, -0.1) is 0 Å². The molecule has 0 unspecified atom stereocenters. The maximum absolute atomic E-state index is 12.4. The van der Waals surface area contributed by atoms with Crippen molar-refractivity contribution in [2.75, 3.05) is 5.32 Å². The molecule has 7 heteroatoms. The maximum atomic E-state index is 12.4. The third-order valence-corrected chi connectivity index (χ3v) is 5.61. The van der Waals surface area contributed by atoms with Crippen LogP contribution < -0.4 is 10.0 Å². The fourth-order valence-electron chi connectivity index (χ4n) is 2.45. The normalized spacial score (nSPS) is 11.3. The quantitative estimate of drug-likeness (QED) is 0.679. The van der Waals surface area contributed by atoms with E-state index in [2.05, 4.69) is 10.0 Å². The number of furan rings is 1. The van der Waals surface area contributed by atoms with Crippen molar-refractivity contribution >= 4 is 21.6 Å². The molecular weight excluding hydrogens is 364 g/mol. The second-order valence-corrected chi connectivity index (χ2v) is 7.97. The minimum Gasteiger partial charge on any atom is -0.459 e. The van der Waals surface area contributed by atoms with Gasteiger partial charge in [-0.1, -0.05) is 18.2 Å². The Balaban J connectivity index is 1.62. The molecule has 1 heterocycles. The molecule has 3 aromatic rings. The number of rotatable bonds is 6. The van der Waals surface area contributed by atoms with Crippen LogP contribution >= 0.6 is 0 Å². The molecule has 2 aromatic carbocycles. The first kappa shape index (κ1) is 18.9. The van der Waals surface area contributed by atoms with Gasteiger partial charge in [0.05, 0.1) is 11.2 Å². The van der Waals surface area contributed by atoms with E-state index >= 15 is 0 Å². The Kier molecular flexibility index (Phi) is 5.43. The number of hydrogen-bond donors (Lipinski definition) is 2. The first-order chi connectivity index (χ1) is 12.8. The van der Waals surface area contributed by atoms with Gasteiger partial charge in [0.25, 0.3) is 5.91 Å². The highest BCUT2D eigenvalue weighted by Crippen LogP contribution is 2.16. The number of amides is 1. The highest BCUT2D eigenvalue weighted by molar-refractivity contribution is 7.89. The summed E-state index contributed by atoms with van der Waals surface area (Å²) >= 11 is 0. The van der Waals surface area contributed by atoms with Crippen molar-refractivity contribution in [1.82, 2.24) is 4.72 Å². The zero-order chi connectivity index (χ0) is 19.4. The van der Waals surface area contributed by atoms with Crippen LogP contribution in [0.15, 0.2) is 70.2 Å². The summed E-state index contributed by atoms with van der Waals surface area (Å²) in [6.45, 7) is 3.97. The number of carbonyl (C=O) groups excluding carboxylic acids is 1. The number of hydrogen-bond acceptors (Lipinski definition) is 4. The zero-order valence-corrected chi connectivity index (χ0v) is 15.8. The molecule has 0 aliphatic rings. The standard InChI is InChI=1S/C20H20N2O4S/c1-14-5-10-18(12-15(14)2)27(24,25)21-13-16-6-8-17(9-7-16)22-20(23)19-4-3-11-26-19/h3-12,21H,13H2,1-2H3,(H,22,23). The number of nitrogens with one attached hydrogen (secondary N) is 2. The first-order valence-electron chi connectivity index (χ1n) is 8.36. The average molecular weight is 384 g/mol. The van der Waals surface area contributed by atoms with Gasteiger partial charge in [-0.3, -0.25) is 4.79 Å².